The molecule has 0 bridgehead atoms. The van der Waals surface area contributed by atoms with E-state index in [2.05, 4.69) is 60.8 Å². The van der Waals surface area contributed by atoms with Crippen molar-refractivity contribution in [2.24, 2.45) is 0 Å². The molecule has 3 rings (SSSR count). The second-order valence-corrected chi connectivity index (χ2v) is 5.64. The molecule has 2 heteroatoms. The topological polar surface area (TPSA) is 21.3 Å². The molecule has 0 aliphatic carbocycles. The number of hydrogen-bond donors (Lipinski definition) is 1. The molecule has 2 nitrogen and oxygen atoms in total. The summed E-state index contributed by atoms with van der Waals surface area (Å²) in [4.78, 5) is 0. The highest BCUT2D eigenvalue weighted by molar-refractivity contribution is 5.41. The van der Waals surface area contributed by atoms with Crippen molar-refractivity contribution in [2.75, 3.05) is 13.2 Å². The molecule has 0 fully saturated rings. The first-order valence-corrected chi connectivity index (χ1v) is 7.89. The van der Waals surface area contributed by atoms with Gasteiger partial charge in [-0.1, -0.05) is 49.4 Å². The molecule has 1 aliphatic rings. The molecule has 0 saturated heterocycles. The van der Waals surface area contributed by atoms with Gasteiger partial charge in [0.25, 0.3) is 0 Å². The third kappa shape index (κ3) is 3.45. The summed E-state index contributed by atoms with van der Waals surface area (Å²) in [6.07, 6.45) is 3.24. The molecule has 1 heterocycles. The van der Waals surface area contributed by atoms with Crippen molar-refractivity contribution >= 4 is 0 Å². The van der Waals surface area contributed by atoms with Crippen molar-refractivity contribution in [3.8, 4) is 5.75 Å². The van der Waals surface area contributed by atoms with Crippen molar-refractivity contribution < 1.29 is 4.74 Å². The molecule has 0 radical (unpaired) electrons. The van der Waals surface area contributed by atoms with Gasteiger partial charge >= 0.3 is 0 Å². The minimum Gasteiger partial charge on any atom is -0.493 e. The van der Waals surface area contributed by atoms with E-state index < -0.39 is 0 Å². The molecular formula is C19H23NO. The largest absolute Gasteiger partial charge is 0.493 e. The Morgan fingerprint density at radius 3 is 2.76 bits per heavy atom. The standard InChI is InChI=1S/C19H23NO/c1-2-20-18-9-6-12-21-19-11-10-16(14-17(18)19)13-15-7-4-3-5-8-15/h3-5,7-8,10-11,14,18,20H,2,6,9,12-13H2,1H3. The Morgan fingerprint density at radius 1 is 1.10 bits per heavy atom. The summed E-state index contributed by atoms with van der Waals surface area (Å²) in [5.41, 5.74) is 4.03. The lowest BCUT2D eigenvalue weighted by atomic mass is 9.97. The van der Waals surface area contributed by atoms with Crippen LogP contribution in [0.25, 0.3) is 0 Å². The maximum absolute atomic E-state index is 5.89. The van der Waals surface area contributed by atoms with Gasteiger partial charge in [-0.3, -0.25) is 0 Å². The summed E-state index contributed by atoms with van der Waals surface area (Å²) >= 11 is 0. The summed E-state index contributed by atoms with van der Waals surface area (Å²) in [7, 11) is 0. The van der Waals surface area contributed by atoms with Crippen LogP contribution in [-0.4, -0.2) is 13.2 Å². The molecule has 2 aromatic carbocycles. The van der Waals surface area contributed by atoms with Crippen LogP contribution in [-0.2, 0) is 6.42 Å². The number of ether oxygens (including phenoxy) is 1. The molecule has 0 amide bonds. The van der Waals surface area contributed by atoms with Crippen LogP contribution in [0.2, 0.25) is 0 Å². The number of hydrogen-bond acceptors (Lipinski definition) is 2. The van der Waals surface area contributed by atoms with E-state index in [-0.39, 0.29) is 0 Å². The fraction of sp³-hybridized carbons (Fsp3) is 0.368. The van der Waals surface area contributed by atoms with Crippen molar-refractivity contribution in [2.45, 2.75) is 32.2 Å². The first-order chi connectivity index (χ1) is 10.4. The fourth-order valence-corrected chi connectivity index (χ4v) is 3.03. The van der Waals surface area contributed by atoms with Crippen molar-refractivity contribution in [1.29, 1.82) is 0 Å². The second-order valence-electron chi connectivity index (χ2n) is 5.64. The van der Waals surface area contributed by atoms with Gasteiger partial charge in [0.1, 0.15) is 5.75 Å². The molecule has 1 aliphatic heterocycles. The summed E-state index contributed by atoms with van der Waals surface area (Å²) in [6, 6.07) is 17.7. The molecule has 0 spiro atoms. The minimum atomic E-state index is 0.420. The zero-order valence-electron chi connectivity index (χ0n) is 12.6. The number of benzene rings is 2. The highest BCUT2D eigenvalue weighted by Crippen LogP contribution is 2.32. The van der Waals surface area contributed by atoms with Gasteiger partial charge in [0.05, 0.1) is 6.61 Å². The Bertz CT molecular complexity index is 579. The summed E-state index contributed by atoms with van der Waals surface area (Å²) < 4.78 is 5.89. The lowest BCUT2D eigenvalue weighted by Crippen LogP contribution is -2.20. The van der Waals surface area contributed by atoms with Gasteiger partial charge in [-0.2, -0.15) is 0 Å². The Balaban J connectivity index is 1.87. The number of fused-ring (bicyclic) bond motifs is 1. The van der Waals surface area contributed by atoms with Crippen LogP contribution in [0.3, 0.4) is 0 Å². The summed E-state index contributed by atoms with van der Waals surface area (Å²) in [5, 5.41) is 3.59. The van der Waals surface area contributed by atoms with Crippen molar-refractivity contribution in [3.63, 3.8) is 0 Å². The van der Waals surface area contributed by atoms with Crippen LogP contribution < -0.4 is 10.1 Å². The first-order valence-electron chi connectivity index (χ1n) is 7.89. The monoisotopic (exact) mass is 281 g/mol. The molecule has 2 aromatic rings. The Hall–Kier alpha value is -1.80. The fourth-order valence-electron chi connectivity index (χ4n) is 3.03. The van der Waals surface area contributed by atoms with E-state index in [0.29, 0.717) is 6.04 Å². The van der Waals surface area contributed by atoms with Crippen LogP contribution in [0, 0.1) is 0 Å². The predicted molar refractivity (Wildman–Crippen MR) is 86.8 cm³/mol. The summed E-state index contributed by atoms with van der Waals surface area (Å²) in [6.45, 7) is 3.99. The van der Waals surface area contributed by atoms with Crippen LogP contribution in [0.15, 0.2) is 48.5 Å². The number of rotatable bonds is 4. The zero-order valence-corrected chi connectivity index (χ0v) is 12.6. The van der Waals surface area contributed by atoms with E-state index in [9.17, 15) is 0 Å². The lowest BCUT2D eigenvalue weighted by molar-refractivity contribution is 0.315. The molecule has 21 heavy (non-hydrogen) atoms. The predicted octanol–water partition coefficient (Wildman–Crippen LogP) is 4.10. The highest BCUT2D eigenvalue weighted by Gasteiger charge is 2.19. The molecule has 1 unspecified atom stereocenters. The van der Waals surface area contributed by atoms with Gasteiger partial charge in [-0.05, 0) is 43.0 Å². The lowest BCUT2D eigenvalue weighted by Gasteiger charge is -2.18. The average molecular weight is 281 g/mol. The second kappa shape index (κ2) is 6.77. The van der Waals surface area contributed by atoms with E-state index >= 15 is 0 Å². The third-order valence-electron chi connectivity index (χ3n) is 4.05. The van der Waals surface area contributed by atoms with E-state index in [1.807, 2.05) is 0 Å². The van der Waals surface area contributed by atoms with Crippen molar-refractivity contribution in [3.05, 3.63) is 65.2 Å². The Labute approximate surface area is 127 Å². The van der Waals surface area contributed by atoms with Gasteiger partial charge in [0.2, 0.25) is 0 Å². The van der Waals surface area contributed by atoms with Gasteiger partial charge in [-0.15, -0.1) is 0 Å². The molecule has 0 aromatic heterocycles. The zero-order chi connectivity index (χ0) is 14.5. The van der Waals surface area contributed by atoms with Crippen LogP contribution in [0.5, 0.6) is 5.75 Å². The molecule has 110 valence electrons. The summed E-state index contributed by atoms with van der Waals surface area (Å²) in [5.74, 6) is 1.05. The molecular weight excluding hydrogens is 258 g/mol. The van der Waals surface area contributed by atoms with E-state index in [4.69, 9.17) is 4.74 Å². The van der Waals surface area contributed by atoms with E-state index in [1.54, 1.807) is 0 Å². The quantitative estimate of drug-likeness (QED) is 0.911. The third-order valence-corrected chi connectivity index (χ3v) is 4.05. The average Bonchev–Trinajstić information content (AvgIpc) is 2.71. The Morgan fingerprint density at radius 2 is 1.95 bits per heavy atom. The van der Waals surface area contributed by atoms with Gasteiger partial charge in [0, 0.05) is 11.6 Å². The SMILES string of the molecule is CCNC1CCCOc2ccc(Cc3ccccc3)cc21. The normalized spacial score (nSPS) is 17.7. The van der Waals surface area contributed by atoms with Gasteiger partial charge in [0.15, 0.2) is 0 Å². The van der Waals surface area contributed by atoms with Crippen LogP contribution in [0.4, 0.5) is 0 Å². The van der Waals surface area contributed by atoms with Gasteiger partial charge in [-0.25, -0.2) is 0 Å². The van der Waals surface area contributed by atoms with E-state index in [1.165, 1.54) is 16.7 Å². The first kappa shape index (κ1) is 14.2. The molecule has 1 N–H and O–H groups in total. The molecule has 0 saturated carbocycles. The Kier molecular flexibility index (Phi) is 4.56. The van der Waals surface area contributed by atoms with Crippen LogP contribution in [0.1, 0.15) is 42.5 Å². The molecule has 1 atom stereocenters. The maximum Gasteiger partial charge on any atom is 0.124 e. The number of nitrogens with one attached hydrogen (secondary N) is 1. The van der Waals surface area contributed by atoms with Crippen LogP contribution >= 0.6 is 0 Å². The van der Waals surface area contributed by atoms with E-state index in [0.717, 1.165) is 38.2 Å². The minimum absolute atomic E-state index is 0.420. The maximum atomic E-state index is 5.89. The van der Waals surface area contributed by atoms with Crippen molar-refractivity contribution in [1.82, 2.24) is 5.32 Å². The van der Waals surface area contributed by atoms with Gasteiger partial charge < -0.3 is 10.1 Å². The highest BCUT2D eigenvalue weighted by atomic mass is 16.5. The smallest absolute Gasteiger partial charge is 0.124 e.